The molecule has 10 heteroatoms. The fourth-order valence-electron chi connectivity index (χ4n) is 5.12. The van der Waals surface area contributed by atoms with Gasteiger partial charge in [0.1, 0.15) is 0 Å². The Balaban J connectivity index is 1.29. The van der Waals surface area contributed by atoms with Crippen molar-refractivity contribution in [1.29, 1.82) is 0 Å². The first-order valence-corrected chi connectivity index (χ1v) is 14.1. The van der Waals surface area contributed by atoms with Crippen molar-refractivity contribution in [2.45, 2.75) is 50.2 Å². The van der Waals surface area contributed by atoms with E-state index < -0.39 is 0 Å². The number of nitrogens with zero attached hydrogens (tertiary/aromatic N) is 4. The van der Waals surface area contributed by atoms with Gasteiger partial charge in [-0.1, -0.05) is 23.7 Å². The molecular formula is C28H30ClN5O3S. The van der Waals surface area contributed by atoms with Gasteiger partial charge in [0.15, 0.2) is 0 Å². The molecule has 1 fully saturated rings. The van der Waals surface area contributed by atoms with Gasteiger partial charge in [0.2, 0.25) is 0 Å². The molecule has 198 valence electrons. The van der Waals surface area contributed by atoms with Crippen LogP contribution in [-0.4, -0.2) is 48.5 Å². The minimum absolute atomic E-state index is 0.0804. The molecule has 1 aromatic carbocycles. The highest BCUT2D eigenvalue weighted by molar-refractivity contribution is 7.99. The quantitative estimate of drug-likeness (QED) is 0.310. The summed E-state index contributed by atoms with van der Waals surface area (Å²) in [5, 5.41) is 13.4. The number of hydrogen-bond acceptors (Lipinski definition) is 6. The zero-order valence-electron chi connectivity index (χ0n) is 21.1. The molecule has 0 unspecified atom stereocenters. The molecule has 1 saturated carbocycles. The van der Waals surface area contributed by atoms with Crippen LogP contribution in [0.25, 0.3) is 16.7 Å². The van der Waals surface area contributed by atoms with E-state index in [1.165, 1.54) is 11.8 Å². The van der Waals surface area contributed by atoms with Gasteiger partial charge < -0.3 is 10.4 Å². The van der Waals surface area contributed by atoms with Gasteiger partial charge in [-0.25, -0.2) is 9.78 Å². The van der Waals surface area contributed by atoms with E-state index in [0.29, 0.717) is 34.5 Å². The monoisotopic (exact) mass is 551 g/mol. The van der Waals surface area contributed by atoms with Gasteiger partial charge in [0.05, 0.1) is 50.8 Å². The topological polar surface area (TPSA) is 102 Å². The summed E-state index contributed by atoms with van der Waals surface area (Å²) in [5.74, 6) is 0.773. The van der Waals surface area contributed by atoms with E-state index in [1.807, 2.05) is 41.0 Å². The summed E-state index contributed by atoms with van der Waals surface area (Å²) >= 11 is 7.51. The third kappa shape index (κ3) is 5.65. The third-order valence-corrected chi connectivity index (χ3v) is 8.21. The smallest absolute Gasteiger partial charge is 0.333 e. The highest BCUT2D eigenvalue weighted by atomic mass is 35.5. The number of para-hydroxylation sites is 2. The lowest BCUT2D eigenvalue weighted by molar-refractivity contribution is 0.0919. The van der Waals surface area contributed by atoms with Crippen LogP contribution >= 0.6 is 23.4 Å². The number of nitrogens with one attached hydrogen (secondary N) is 1. The van der Waals surface area contributed by atoms with Gasteiger partial charge in [-0.2, -0.15) is 0 Å². The normalized spacial score (nSPS) is 17.6. The molecule has 1 amide bonds. The molecule has 8 nitrogen and oxygen atoms in total. The molecule has 0 atom stereocenters. The Bertz CT molecular complexity index is 1490. The van der Waals surface area contributed by atoms with Crippen LogP contribution in [0.5, 0.6) is 0 Å². The van der Waals surface area contributed by atoms with Gasteiger partial charge in [-0.05, 0) is 68.9 Å². The SMILES string of the molecule is Cc1ncc(Cl)cc1C(=O)N[C@H]1CC[C@H](Cn2c(=O)n(-c3ccc(SCCO)nc3)c3ccccc32)CC1. The van der Waals surface area contributed by atoms with Gasteiger partial charge >= 0.3 is 5.69 Å². The number of aromatic nitrogens is 4. The number of carbonyl (C=O) groups is 1. The van der Waals surface area contributed by atoms with E-state index in [-0.39, 0.29) is 24.2 Å². The van der Waals surface area contributed by atoms with Crippen LogP contribution < -0.4 is 11.0 Å². The van der Waals surface area contributed by atoms with Crippen molar-refractivity contribution >= 4 is 40.3 Å². The highest BCUT2D eigenvalue weighted by Gasteiger charge is 2.25. The Morgan fingerprint density at radius 3 is 2.58 bits per heavy atom. The van der Waals surface area contributed by atoms with Crippen LogP contribution in [0.15, 0.2) is 64.7 Å². The molecule has 0 saturated heterocycles. The van der Waals surface area contributed by atoms with Crippen LogP contribution in [0.2, 0.25) is 5.02 Å². The van der Waals surface area contributed by atoms with E-state index in [1.54, 1.807) is 30.0 Å². The average Bonchev–Trinajstić information content (AvgIpc) is 3.21. The van der Waals surface area contributed by atoms with Crippen LogP contribution in [0.1, 0.15) is 41.7 Å². The second-order valence-electron chi connectivity index (χ2n) is 9.62. The summed E-state index contributed by atoms with van der Waals surface area (Å²) in [6.07, 6.45) is 6.80. The minimum Gasteiger partial charge on any atom is -0.396 e. The number of rotatable bonds is 8. The fraction of sp³-hybridized carbons (Fsp3) is 0.357. The van der Waals surface area contributed by atoms with Crippen molar-refractivity contribution in [3.05, 3.63) is 81.6 Å². The largest absolute Gasteiger partial charge is 0.396 e. The number of thioether (sulfide) groups is 1. The number of aliphatic hydroxyl groups is 1. The van der Waals surface area contributed by atoms with Crippen molar-refractivity contribution < 1.29 is 9.90 Å². The Hall–Kier alpha value is -3.14. The number of amides is 1. The second kappa shape index (κ2) is 11.7. The summed E-state index contributed by atoms with van der Waals surface area (Å²) < 4.78 is 3.59. The maximum Gasteiger partial charge on any atom is 0.333 e. The Morgan fingerprint density at radius 1 is 1.11 bits per heavy atom. The molecule has 38 heavy (non-hydrogen) atoms. The van der Waals surface area contributed by atoms with Gasteiger partial charge in [-0.15, -0.1) is 11.8 Å². The lowest BCUT2D eigenvalue weighted by Gasteiger charge is -2.29. The second-order valence-corrected chi connectivity index (χ2v) is 11.2. The van der Waals surface area contributed by atoms with Gasteiger partial charge in [0.25, 0.3) is 5.91 Å². The first kappa shape index (κ1) is 26.5. The van der Waals surface area contributed by atoms with Gasteiger partial charge in [0, 0.05) is 24.5 Å². The fourth-order valence-corrected chi connectivity index (χ4v) is 5.87. The zero-order chi connectivity index (χ0) is 26.6. The zero-order valence-corrected chi connectivity index (χ0v) is 22.7. The van der Waals surface area contributed by atoms with Crippen LogP contribution in [0, 0.1) is 12.8 Å². The van der Waals surface area contributed by atoms with Crippen molar-refractivity contribution in [3.8, 4) is 5.69 Å². The summed E-state index contributed by atoms with van der Waals surface area (Å²) in [6.45, 7) is 2.52. The lowest BCUT2D eigenvalue weighted by atomic mass is 9.85. The maximum atomic E-state index is 13.6. The van der Waals surface area contributed by atoms with Gasteiger partial charge in [-0.3, -0.25) is 18.9 Å². The average molecular weight is 552 g/mol. The van der Waals surface area contributed by atoms with Crippen LogP contribution in [-0.2, 0) is 6.54 Å². The minimum atomic E-state index is -0.144. The molecule has 0 radical (unpaired) electrons. The summed E-state index contributed by atoms with van der Waals surface area (Å²) in [4.78, 5) is 35.1. The third-order valence-electron chi connectivity index (χ3n) is 7.08. The predicted molar refractivity (Wildman–Crippen MR) is 150 cm³/mol. The van der Waals surface area contributed by atoms with Crippen molar-refractivity contribution in [2.75, 3.05) is 12.4 Å². The van der Waals surface area contributed by atoms with E-state index in [4.69, 9.17) is 16.7 Å². The summed E-state index contributed by atoms with van der Waals surface area (Å²) in [7, 11) is 0. The van der Waals surface area contributed by atoms with Crippen molar-refractivity contribution in [2.24, 2.45) is 5.92 Å². The number of aliphatic hydroxyl groups excluding tert-OH is 1. The molecule has 5 rings (SSSR count). The number of hydrogen-bond donors (Lipinski definition) is 2. The molecule has 0 aliphatic heterocycles. The van der Waals surface area contributed by atoms with Crippen LogP contribution in [0.3, 0.4) is 0 Å². The number of aryl methyl sites for hydroxylation is 1. The molecule has 2 N–H and O–H groups in total. The molecule has 1 aliphatic carbocycles. The number of pyridine rings is 2. The molecule has 1 aliphatic rings. The lowest BCUT2D eigenvalue weighted by Crippen LogP contribution is -2.39. The van der Waals surface area contributed by atoms with Crippen molar-refractivity contribution in [3.63, 3.8) is 0 Å². The van der Waals surface area contributed by atoms with E-state index >= 15 is 0 Å². The summed E-state index contributed by atoms with van der Waals surface area (Å²) in [6, 6.07) is 13.4. The highest BCUT2D eigenvalue weighted by Crippen LogP contribution is 2.28. The summed E-state index contributed by atoms with van der Waals surface area (Å²) in [5.41, 5.74) is 3.55. The molecule has 0 bridgehead atoms. The van der Waals surface area contributed by atoms with Crippen LogP contribution in [0.4, 0.5) is 0 Å². The number of fused-ring (bicyclic) bond motifs is 1. The van der Waals surface area contributed by atoms with E-state index in [2.05, 4.69) is 15.3 Å². The Labute approximate surface area is 230 Å². The number of halogens is 1. The first-order valence-electron chi connectivity index (χ1n) is 12.8. The first-order chi connectivity index (χ1) is 18.4. The Morgan fingerprint density at radius 2 is 1.87 bits per heavy atom. The maximum absolute atomic E-state index is 13.6. The standard InChI is InChI=1S/C28H30ClN5O3S/c1-18-23(14-20(29)15-30-18)27(36)32-21-8-6-19(7-9-21)17-33-24-4-2-3-5-25(24)34(28(33)37)22-10-11-26(31-16-22)38-13-12-35/h2-5,10-11,14-16,19,21,35H,6-9,12-13,17H2,1H3,(H,32,36)/t19-,21-. The Kier molecular flexibility index (Phi) is 8.16. The predicted octanol–water partition coefficient (Wildman–Crippen LogP) is 4.62. The molecule has 4 aromatic rings. The molecule has 3 heterocycles. The molecule has 0 spiro atoms. The van der Waals surface area contributed by atoms with E-state index in [9.17, 15) is 9.59 Å². The van der Waals surface area contributed by atoms with Crippen molar-refractivity contribution in [1.82, 2.24) is 24.4 Å². The number of benzene rings is 1. The number of imidazole rings is 1. The number of carbonyl (C=O) groups excluding carboxylic acids is 1. The molecule has 3 aromatic heterocycles. The molecular weight excluding hydrogens is 522 g/mol. The van der Waals surface area contributed by atoms with E-state index in [0.717, 1.165) is 47.4 Å².